The number of carbonyl (C=O) groups excluding carboxylic acids is 2. The number of carbonyl (C=O) groups is 2. The van der Waals surface area contributed by atoms with Crippen LogP contribution in [0.1, 0.15) is 399 Å². The second-order valence-corrected chi connectivity index (χ2v) is 24.2. The third-order valence-corrected chi connectivity index (χ3v) is 16.6. The van der Waals surface area contributed by atoms with Gasteiger partial charge in [0.1, 0.15) is 0 Å². The quantitative estimate of drug-likeness (QED) is 0.0320. The fourth-order valence-corrected chi connectivity index (χ4v) is 11.2. The number of unbranched alkanes of at least 4 members (excludes halogenated alkanes) is 55. The molecular weight excluding hydrogens is 935 g/mol. The van der Waals surface area contributed by atoms with E-state index < -0.39 is 12.1 Å². The fourth-order valence-electron chi connectivity index (χ4n) is 11.2. The zero-order valence-corrected chi connectivity index (χ0v) is 51.8. The number of amides is 1. The SMILES string of the molecule is CCCCCCCCCCCCCCCCCCCCCCCC/C=C/C(O)C(CO)NC(=O)CCCCCCCCCCCCCCCCCCCCCCCCOC(=O)CCCCCCCCCCCCCCC. The number of hydrogen-bond acceptors (Lipinski definition) is 5. The monoisotopic (exact) mass is 1070 g/mol. The molecule has 0 aromatic heterocycles. The molecule has 0 aliphatic heterocycles. The Morgan fingerprint density at radius 3 is 0.895 bits per heavy atom. The Labute approximate surface area is 476 Å². The lowest BCUT2D eigenvalue weighted by Gasteiger charge is -2.20. The average Bonchev–Trinajstić information content (AvgIpc) is 3.42. The Kier molecular flexibility index (Phi) is 64.9. The summed E-state index contributed by atoms with van der Waals surface area (Å²) < 4.78 is 5.49. The summed E-state index contributed by atoms with van der Waals surface area (Å²) in [6, 6.07) is -0.629. The first kappa shape index (κ1) is 74.6. The zero-order chi connectivity index (χ0) is 55.0. The standard InChI is InChI=1S/C70H137NO5/c1-3-5-7-9-11-13-15-17-18-19-20-21-22-23-26-29-32-35-39-42-46-50-54-58-62-68(73)67(66-72)71-69(74)63-59-55-51-47-43-40-36-33-30-27-24-25-28-31-34-37-41-45-49-53-57-61-65-76-70(75)64-60-56-52-48-44-38-16-14-12-10-8-6-4-2/h58,62,67-68,72-73H,3-57,59-61,63-66H2,1-2H3,(H,71,74)/b62-58+. The lowest BCUT2D eigenvalue weighted by atomic mass is 10.0. The highest BCUT2D eigenvalue weighted by atomic mass is 16.5. The van der Waals surface area contributed by atoms with Gasteiger partial charge in [0.15, 0.2) is 0 Å². The van der Waals surface area contributed by atoms with E-state index in [-0.39, 0.29) is 18.5 Å². The molecule has 0 radical (unpaired) electrons. The van der Waals surface area contributed by atoms with E-state index in [1.54, 1.807) is 6.08 Å². The Balaban J connectivity index is 3.40. The van der Waals surface area contributed by atoms with Crippen LogP contribution in [0.15, 0.2) is 12.2 Å². The number of rotatable bonds is 66. The molecule has 0 aromatic rings. The van der Waals surface area contributed by atoms with Gasteiger partial charge in [0, 0.05) is 12.8 Å². The van der Waals surface area contributed by atoms with Gasteiger partial charge in [-0.2, -0.15) is 0 Å². The van der Waals surface area contributed by atoms with Gasteiger partial charge in [-0.1, -0.05) is 366 Å². The van der Waals surface area contributed by atoms with Crippen molar-refractivity contribution >= 4 is 11.9 Å². The van der Waals surface area contributed by atoms with Crippen LogP contribution in [0.2, 0.25) is 0 Å². The van der Waals surface area contributed by atoms with E-state index in [0.29, 0.717) is 19.4 Å². The summed E-state index contributed by atoms with van der Waals surface area (Å²) in [5.41, 5.74) is 0. The molecular formula is C70H137NO5. The van der Waals surface area contributed by atoms with Crippen LogP contribution >= 0.6 is 0 Å². The first-order chi connectivity index (χ1) is 37.5. The molecule has 0 bridgehead atoms. The molecule has 0 heterocycles. The molecule has 1 amide bonds. The summed E-state index contributed by atoms with van der Waals surface area (Å²) >= 11 is 0. The van der Waals surface area contributed by atoms with Gasteiger partial charge in [0.05, 0.1) is 25.4 Å². The van der Waals surface area contributed by atoms with E-state index in [4.69, 9.17) is 4.74 Å². The van der Waals surface area contributed by atoms with Crippen molar-refractivity contribution in [3.8, 4) is 0 Å². The Bertz CT molecular complexity index is 1140. The number of hydrogen-bond donors (Lipinski definition) is 3. The minimum Gasteiger partial charge on any atom is -0.466 e. The second kappa shape index (κ2) is 66.1. The maximum Gasteiger partial charge on any atom is 0.305 e. The number of aliphatic hydroxyl groups excluding tert-OH is 2. The third-order valence-electron chi connectivity index (χ3n) is 16.6. The van der Waals surface area contributed by atoms with Crippen molar-refractivity contribution in [3.63, 3.8) is 0 Å². The molecule has 0 aliphatic rings. The maximum atomic E-state index is 12.5. The highest BCUT2D eigenvalue weighted by molar-refractivity contribution is 5.76. The predicted molar refractivity (Wildman–Crippen MR) is 333 cm³/mol. The van der Waals surface area contributed by atoms with Crippen LogP contribution in [0.4, 0.5) is 0 Å². The highest BCUT2D eigenvalue weighted by Crippen LogP contribution is 2.19. The molecule has 0 aromatic carbocycles. The molecule has 0 rings (SSSR count). The van der Waals surface area contributed by atoms with Crippen LogP contribution in [-0.4, -0.2) is 47.4 Å². The van der Waals surface area contributed by atoms with Crippen molar-refractivity contribution in [2.45, 2.75) is 411 Å². The average molecular weight is 1070 g/mol. The number of nitrogens with one attached hydrogen (secondary N) is 1. The van der Waals surface area contributed by atoms with Gasteiger partial charge in [0.2, 0.25) is 5.91 Å². The van der Waals surface area contributed by atoms with E-state index in [9.17, 15) is 19.8 Å². The largest absolute Gasteiger partial charge is 0.466 e. The van der Waals surface area contributed by atoms with Crippen LogP contribution in [0.5, 0.6) is 0 Å². The van der Waals surface area contributed by atoms with Gasteiger partial charge >= 0.3 is 5.97 Å². The molecule has 2 atom stereocenters. The molecule has 6 heteroatoms. The molecule has 0 saturated heterocycles. The number of aliphatic hydroxyl groups is 2. The molecule has 452 valence electrons. The zero-order valence-electron chi connectivity index (χ0n) is 51.8. The van der Waals surface area contributed by atoms with Crippen molar-refractivity contribution < 1.29 is 24.5 Å². The van der Waals surface area contributed by atoms with Crippen LogP contribution in [-0.2, 0) is 14.3 Å². The molecule has 76 heavy (non-hydrogen) atoms. The van der Waals surface area contributed by atoms with Crippen molar-refractivity contribution in [2.75, 3.05) is 13.2 Å². The predicted octanol–water partition coefficient (Wildman–Crippen LogP) is 22.4. The van der Waals surface area contributed by atoms with E-state index in [1.807, 2.05) is 6.08 Å². The van der Waals surface area contributed by atoms with Crippen molar-refractivity contribution in [2.24, 2.45) is 0 Å². The number of allylic oxidation sites excluding steroid dienone is 1. The second-order valence-electron chi connectivity index (χ2n) is 24.2. The van der Waals surface area contributed by atoms with Gasteiger partial charge in [-0.25, -0.2) is 0 Å². The number of ether oxygens (including phenoxy) is 1. The molecule has 0 aliphatic carbocycles. The van der Waals surface area contributed by atoms with Crippen molar-refractivity contribution in [1.82, 2.24) is 5.32 Å². The molecule has 0 saturated carbocycles. The lowest BCUT2D eigenvalue weighted by molar-refractivity contribution is -0.143. The van der Waals surface area contributed by atoms with Crippen LogP contribution < -0.4 is 5.32 Å². The summed E-state index contributed by atoms with van der Waals surface area (Å²) in [5, 5.41) is 23.3. The molecule has 0 fully saturated rings. The maximum absolute atomic E-state index is 12.5. The van der Waals surface area contributed by atoms with Gasteiger partial charge < -0.3 is 20.3 Å². The minimum absolute atomic E-state index is 0.0154. The first-order valence-corrected chi connectivity index (χ1v) is 35.0. The van der Waals surface area contributed by atoms with Gasteiger partial charge in [-0.15, -0.1) is 0 Å². The molecule has 2 unspecified atom stereocenters. The fraction of sp³-hybridized carbons (Fsp3) is 0.943. The van der Waals surface area contributed by atoms with E-state index in [1.165, 1.54) is 334 Å². The van der Waals surface area contributed by atoms with E-state index in [2.05, 4.69) is 19.2 Å². The molecule has 6 nitrogen and oxygen atoms in total. The highest BCUT2D eigenvalue weighted by Gasteiger charge is 2.18. The Hall–Kier alpha value is -1.40. The molecule has 0 spiro atoms. The summed E-state index contributed by atoms with van der Waals surface area (Å²) in [5.74, 6) is -0.0477. The topological polar surface area (TPSA) is 95.9 Å². The van der Waals surface area contributed by atoms with E-state index in [0.717, 1.165) is 38.5 Å². The third kappa shape index (κ3) is 61.8. The van der Waals surface area contributed by atoms with Crippen LogP contribution in [0.3, 0.4) is 0 Å². The summed E-state index contributed by atoms with van der Waals surface area (Å²) in [6.45, 7) is 4.95. The van der Waals surface area contributed by atoms with Crippen LogP contribution in [0.25, 0.3) is 0 Å². The van der Waals surface area contributed by atoms with Gasteiger partial charge in [-0.3, -0.25) is 9.59 Å². The summed E-state index contributed by atoms with van der Waals surface area (Å²) in [7, 11) is 0. The van der Waals surface area contributed by atoms with E-state index >= 15 is 0 Å². The van der Waals surface area contributed by atoms with Crippen molar-refractivity contribution in [1.29, 1.82) is 0 Å². The van der Waals surface area contributed by atoms with Crippen molar-refractivity contribution in [3.05, 3.63) is 12.2 Å². The number of esters is 1. The molecule has 3 N–H and O–H groups in total. The smallest absolute Gasteiger partial charge is 0.305 e. The van der Waals surface area contributed by atoms with Crippen LogP contribution in [0, 0.1) is 0 Å². The Morgan fingerprint density at radius 2 is 0.605 bits per heavy atom. The normalized spacial score (nSPS) is 12.5. The summed E-state index contributed by atoms with van der Waals surface area (Å²) in [4.78, 5) is 24.6. The summed E-state index contributed by atoms with van der Waals surface area (Å²) in [6.07, 6.45) is 81.4. The minimum atomic E-state index is -0.845. The van der Waals surface area contributed by atoms with Gasteiger partial charge in [-0.05, 0) is 32.1 Å². The lowest BCUT2D eigenvalue weighted by Crippen LogP contribution is -2.45. The Morgan fingerprint density at radius 1 is 0.355 bits per heavy atom. The first-order valence-electron chi connectivity index (χ1n) is 35.0. The van der Waals surface area contributed by atoms with Gasteiger partial charge in [0.25, 0.3) is 0 Å².